The molecule has 0 saturated heterocycles. The molecule has 2 rings (SSSR count). The zero-order valence-electron chi connectivity index (χ0n) is 12.8. The van der Waals surface area contributed by atoms with Gasteiger partial charge in [0.1, 0.15) is 6.04 Å². The van der Waals surface area contributed by atoms with E-state index >= 15 is 0 Å². The Labute approximate surface area is 137 Å². The van der Waals surface area contributed by atoms with Crippen molar-refractivity contribution in [3.63, 3.8) is 0 Å². The van der Waals surface area contributed by atoms with Gasteiger partial charge in [-0.15, -0.1) is 0 Å². The average molecular weight is 340 g/mol. The average Bonchev–Trinajstić information content (AvgIpc) is 2.51. The van der Waals surface area contributed by atoms with Crippen molar-refractivity contribution in [1.29, 1.82) is 0 Å². The van der Waals surface area contributed by atoms with Gasteiger partial charge in [-0.3, -0.25) is 9.59 Å². The first-order valence-corrected chi connectivity index (χ1v) is 7.56. The monoisotopic (exact) mass is 340 g/mol. The number of anilines is 1. The minimum Gasteiger partial charge on any atom is -0.480 e. The second-order valence-electron chi connectivity index (χ2n) is 5.67. The highest BCUT2D eigenvalue weighted by Crippen LogP contribution is 2.27. The highest BCUT2D eigenvalue weighted by Gasteiger charge is 2.28. The largest absolute Gasteiger partial charge is 0.480 e. The lowest BCUT2D eigenvalue weighted by molar-refractivity contribution is -0.143. The fourth-order valence-corrected chi connectivity index (χ4v) is 2.62. The van der Waals surface area contributed by atoms with Crippen molar-refractivity contribution >= 4 is 23.5 Å². The molecule has 1 aliphatic rings. The lowest BCUT2D eigenvalue weighted by Gasteiger charge is -2.24. The van der Waals surface area contributed by atoms with E-state index < -0.39 is 36.7 Å². The van der Waals surface area contributed by atoms with Gasteiger partial charge in [-0.25, -0.2) is 13.6 Å². The Hall–Kier alpha value is -2.51. The van der Waals surface area contributed by atoms with Gasteiger partial charge in [0, 0.05) is 24.4 Å². The highest BCUT2D eigenvalue weighted by molar-refractivity contribution is 5.96. The fraction of sp³-hybridized carbons (Fsp3) is 0.438. The maximum atomic E-state index is 12.3. The quantitative estimate of drug-likeness (QED) is 0.705. The van der Waals surface area contributed by atoms with Gasteiger partial charge in [-0.2, -0.15) is 0 Å². The van der Waals surface area contributed by atoms with Crippen LogP contribution in [0.3, 0.4) is 0 Å². The third-order valence-corrected chi connectivity index (χ3v) is 3.88. The molecule has 2 unspecified atom stereocenters. The van der Waals surface area contributed by atoms with Crippen LogP contribution < -0.4 is 10.6 Å². The van der Waals surface area contributed by atoms with Crippen molar-refractivity contribution in [2.75, 3.05) is 5.32 Å². The molecule has 1 aromatic rings. The molecule has 0 aliphatic carbocycles. The van der Waals surface area contributed by atoms with Gasteiger partial charge in [0.25, 0.3) is 0 Å². The van der Waals surface area contributed by atoms with Gasteiger partial charge in [0.05, 0.1) is 0 Å². The summed E-state index contributed by atoms with van der Waals surface area (Å²) in [6.45, 7) is 0. The molecule has 130 valence electrons. The number of hydrogen-bond donors (Lipinski definition) is 3. The normalized spacial score (nSPS) is 17.8. The van der Waals surface area contributed by atoms with Gasteiger partial charge < -0.3 is 15.7 Å². The zero-order chi connectivity index (χ0) is 17.7. The summed E-state index contributed by atoms with van der Waals surface area (Å²) in [7, 11) is 0. The smallest absolute Gasteiger partial charge is 0.326 e. The molecule has 2 amide bonds. The van der Waals surface area contributed by atoms with E-state index in [9.17, 15) is 23.2 Å². The number of carboxylic acid groups (broad SMARTS) is 1. The Morgan fingerprint density at radius 2 is 2.04 bits per heavy atom. The molecule has 0 bridgehead atoms. The molecule has 1 heterocycles. The number of halogens is 2. The Morgan fingerprint density at radius 1 is 1.33 bits per heavy atom. The minimum absolute atomic E-state index is 0.104. The van der Waals surface area contributed by atoms with Crippen LogP contribution in [-0.4, -0.2) is 35.4 Å². The Balaban J connectivity index is 1.87. The summed E-state index contributed by atoms with van der Waals surface area (Å²) in [5.41, 5.74) is 1.70. The molecule has 0 radical (unpaired) electrons. The number of hydrogen-bond acceptors (Lipinski definition) is 3. The van der Waals surface area contributed by atoms with E-state index in [0.717, 1.165) is 11.3 Å². The van der Waals surface area contributed by atoms with E-state index in [0.29, 0.717) is 6.42 Å². The van der Waals surface area contributed by atoms with Crippen LogP contribution in [0.1, 0.15) is 24.8 Å². The van der Waals surface area contributed by atoms with E-state index in [1.807, 2.05) is 18.2 Å². The SMILES string of the molecule is O=C(CCC1Cc2ccccc2NC1=O)NC(CC(F)F)C(=O)O. The summed E-state index contributed by atoms with van der Waals surface area (Å²) in [4.78, 5) is 34.6. The molecular weight excluding hydrogens is 322 g/mol. The molecule has 8 heteroatoms. The van der Waals surface area contributed by atoms with Crippen LogP contribution in [0.15, 0.2) is 24.3 Å². The third kappa shape index (κ3) is 4.74. The lowest BCUT2D eigenvalue weighted by Crippen LogP contribution is -2.42. The van der Waals surface area contributed by atoms with Crippen molar-refractivity contribution in [2.45, 2.75) is 38.2 Å². The molecule has 3 N–H and O–H groups in total. The van der Waals surface area contributed by atoms with Crippen molar-refractivity contribution < 1.29 is 28.3 Å². The van der Waals surface area contributed by atoms with Gasteiger partial charge in [0.2, 0.25) is 18.2 Å². The van der Waals surface area contributed by atoms with Gasteiger partial charge in [0.15, 0.2) is 0 Å². The number of benzene rings is 1. The number of alkyl halides is 2. The summed E-state index contributed by atoms with van der Waals surface area (Å²) in [6.07, 6.45) is -3.18. The van der Waals surface area contributed by atoms with Gasteiger partial charge in [-0.05, 0) is 24.5 Å². The predicted molar refractivity (Wildman–Crippen MR) is 81.7 cm³/mol. The Morgan fingerprint density at radius 3 is 2.71 bits per heavy atom. The summed E-state index contributed by atoms with van der Waals surface area (Å²) in [5.74, 6) is -2.78. The summed E-state index contributed by atoms with van der Waals surface area (Å²) in [6, 6.07) is 5.70. The van der Waals surface area contributed by atoms with E-state index in [4.69, 9.17) is 5.11 Å². The first-order valence-electron chi connectivity index (χ1n) is 7.56. The number of nitrogens with one attached hydrogen (secondary N) is 2. The highest BCUT2D eigenvalue weighted by atomic mass is 19.3. The second-order valence-corrected chi connectivity index (χ2v) is 5.67. The zero-order valence-corrected chi connectivity index (χ0v) is 12.8. The van der Waals surface area contributed by atoms with E-state index in [2.05, 4.69) is 10.6 Å². The first kappa shape index (κ1) is 17.8. The second kappa shape index (κ2) is 7.85. The maximum absolute atomic E-state index is 12.3. The standard InChI is InChI=1S/C16H18F2N2O4/c17-13(18)8-12(16(23)24)19-14(21)6-5-10-7-9-3-1-2-4-11(9)20-15(10)22/h1-4,10,12-13H,5-8H2,(H,19,21)(H,20,22)(H,23,24). The molecule has 0 fully saturated rings. The molecule has 1 aliphatic heterocycles. The van der Waals surface area contributed by atoms with Crippen LogP contribution in [0.25, 0.3) is 0 Å². The molecular formula is C16H18F2N2O4. The molecule has 24 heavy (non-hydrogen) atoms. The van der Waals surface area contributed by atoms with Gasteiger partial charge in [-0.1, -0.05) is 18.2 Å². The van der Waals surface area contributed by atoms with Crippen molar-refractivity contribution in [2.24, 2.45) is 5.92 Å². The van der Waals surface area contributed by atoms with Crippen molar-refractivity contribution in [1.82, 2.24) is 5.32 Å². The summed E-state index contributed by atoms with van der Waals surface area (Å²) in [5, 5.41) is 13.7. The number of carbonyl (C=O) groups excluding carboxylic acids is 2. The van der Waals surface area contributed by atoms with Gasteiger partial charge >= 0.3 is 5.97 Å². The van der Waals surface area contributed by atoms with Crippen molar-refractivity contribution in [3.05, 3.63) is 29.8 Å². The van der Waals surface area contributed by atoms with Crippen LogP contribution in [-0.2, 0) is 20.8 Å². The van der Waals surface area contributed by atoms with Crippen LogP contribution in [0, 0.1) is 5.92 Å². The predicted octanol–water partition coefficient (Wildman–Crippen LogP) is 1.80. The molecule has 6 nitrogen and oxygen atoms in total. The molecule has 0 aromatic heterocycles. The maximum Gasteiger partial charge on any atom is 0.326 e. The number of fused-ring (bicyclic) bond motifs is 1. The number of carbonyl (C=O) groups is 3. The van der Waals surface area contributed by atoms with Crippen LogP contribution in [0.5, 0.6) is 0 Å². The topological polar surface area (TPSA) is 95.5 Å². The summed E-state index contributed by atoms with van der Waals surface area (Å²) < 4.78 is 24.6. The van der Waals surface area contributed by atoms with Crippen molar-refractivity contribution in [3.8, 4) is 0 Å². The van der Waals surface area contributed by atoms with Crippen LogP contribution >= 0.6 is 0 Å². The summed E-state index contributed by atoms with van der Waals surface area (Å²) >= 11 is 0. The Bertz CT molecular complexity index is 636. The minimum atomic E-state index is -2.83. The van der Waals surface area contributed by atoms with Crippen LogP contribution in [0.2, 0.25) is 0 Å². The number of aliphatic carboxylic acids is 1. The first-order chi connectivity index (χ1) is 11.4. The Kier molecular flexibility index (Phi) is 5.83. The third-order valence-electron chi connectivity index (χ3n) is 3.88. The van der Waals surface area contributed by atoms with Crippen LogP contribution in [0.4, 0.5) is 14.5 Å². The number of amides is 2. The number of carboxylic acids is 1. The molecule has 1 aromatic carbocycles. The molecule has 0 spiro atoms. The number of rotatable bonds is 7. The molecule has 2 atom stereocenters. The van der Waals surface area contributed by atoms with E-state index in [1.165, 1.54) is 0 Å². The van der Waals surface area contributed by atoms with E-state index in [-0.39, 0.29) is 18.7 Å². The number of para-hydroxylation sites is 1. The molecule has 0 saturated carbocycles. The fourth-order valence-electron chi connectivity index (χ4n) is 2.62. The lowest BCUT2D eigenvalue weighted by atomic mass is 9.89. The van der Waals surface area contributed by atoms with E-state index in [1.54, 1.807) is 6.07 Å².